The van der Waals surface area contributed by atoms with E-state index in [4.69, 9.17) is 9.47 Å². The quantitative estimate of drug-likeness (QED) is 0.530. The standard InChI is InChI=1S/C22H23N7O2/c1-15-3-4-16(18-13-29-20(26-18)5-6-22(27-29)30-2)11-17(15)25-19-12-21(24-14-23-19)28-7-9-31-10-8-28/h3-6,11-14H,7-10H2,1-2H3,(H,23,24,25). The first-order chi connectivity index (χ1) is 15.2. The molecule has 9 heteroatoms. The largest absolute Gasteiger partial charge is 0.480 e. The molecule has 9 nitrogen and oxygen atoms in total. The van der Waals surface area contributed by atoms with Crippen LogP contribution in [-0.2, 0) is 4.74 Å². The smallest absolute Gasteiger partial charge is 0.231 e. The number of fused-ring (bicyclic) bond motifs is 1. The molecule has 31 heavy (non-hydrogen) atoms. The number of imidazole rings is 1. The Hall–Kier alpha value is -3.72. The van der Waals surface area contributed by atoms with Gasteiger partial charge >= 0.3 is 0 Å². The van der Waals surface area contributed by atoms with E-state index in [0.29, 0.717) is 19.1 Å². The number of morpholine rings is 1. The summed E-state index contributed by atoms with van der Waals surface area (Å²) < 4.78 is 12.4. The fraction of sp³-hybridized carbons (Fsp3) is 0.273. The number of anilines is 3. The maximum Gasteiger partial charge on any atom is 0.231 e. The van der Waals surface area contributed by atoms with Crippen molar-refractivity contribution < 1.29 is 9.47 Å². The average Bonchev–Trinajstić information content (AvgIpc) is 3.24. The van der Waals surface area contributed by atoms with Gasteiger partial charge in [-0.2, -0.15) is 0 Å². The molecule has 4 aromatic rings. The third-order valence-corrected chi connectivity index (χ3v) is 5.29. The number of nitrogens with zero attached hydrogens (tertiary/aromatic N) is 6. The van der Waals surface area contributed by atoms with E-state index in [1.165, 1.54) is 0 Å². The van der Waals surface area contributed by atoms with Gasteiger partial charge in [0.1, 0.15) is 18.0 Å². The van der Waals surface area contributed by atoms with Crippen LogP contribution in [0.15, 0.2) is 48.9 Å². The van der Waals surface area contributed by atoms with E-state index in [1.807, 2.05) is 18.3 Å². The van der Waals surface area contributed by atoms with Crippen LogP contribution in [0.25, 0.3) is 16.9 Å². The minimum absolute atomic E-state index is 0.544. The predicted molar refractivity (Wildman–Crippen MR) is 118 cm³/mol. The van der Waals surface area contributed by atoms with Crippen molar-refractivity contribution in [3.63, 3.8) is 0 Å². The number of hydrogen-bond donors (Lipinski definition) is 1. The Morgan fingerprint density at radius 2 is 1.94 bits per heavy atom. The molecule has 0 spiro atoms. The molecule has 0 atom stereocenters. The summed E-state index contributed by atoms with van der Waals surface area (Å²) in [5.74, 6) is 2.19. The van der Waals surface area contributed by atoms with E-state index in [2.05, 4.69) is 55.4 Å². The summed E-state index contributed by atoms with van der Waals surface area (Å²) >= 11 is 0. The molecular formula is C22H23N7O2. The number of aromatic nitrogens is 5. The molecule has 0 amide bonds. The average molecular weight is 417 g/mol. The fourth-order valence-electron chi connectivity index (χ4n) is 3.55. The number of nitrogens with one attached hydrogen (secondary N) is 1. The first-order valence-corrected chi connectivity index (χ1v) is 10.1. The Kier molecular flexibility index (Phi) is 5.09. The monoisotopic (exact) mass is 417 g/mol. The summed E-state index contributed by atoms with van der Waals surface area (Å²) in [4.78, 5) is 15.7. The van der Waals surface area contributed by atoms with Crippen LogP contribution in [0.1, 0.15) is 5.56 Å². The highest BCUT2D eigenvalue weighted by molar-refractivity contribution is 5.72. The Morgan fingerprint density at radius 1 is 1.06 bits per heavy atom. The van der Waals surface area contributed by atoms with Gasteiger partial charge in [-0.15, -0.1) is 5.10 Å². The van der Waals surface area contributed by atoms with Crippen LogP contribution < -0.4 is 15.0 Å². The number of rotatable bonds is 5. The number of methoxy groups -OCH3 is 1. The highest BCUT2D eigenvalue weighted by Crippen LogP contribution is 2.28. The molecule has 1 aromatic carbocycles. The van der Waals surface area contributed by atoms with Crippen molar-refractivity contribution in [2.24, 2.45) is 0 Å². The van der Waals surface area contributed by atoms with Crippen molar-refractivity contribution in [1.82, 2.24) is 24.6 Å². The first-order valence-electron chi connectivity index (χ1n) is 10.1. The number of hydrogen-bond acceptors (Lipinski definition) is 8. The van der Waals surface area contributed by atoms with Gasteiger partial charge < -0.3 is 19.7 Å². The van der Waals surface area contributed by atoms with Crippen LogP contribution in [0.5, 0.6) is 5.88 Å². The Balaban J connectivity index is 1.43. The van der Waals surface area contributed by atoms with Gasteiger partial charge in [0.15, 0.2) is 5.65 Å². The van der Waals surface area contributed by atoms with Crippen molar-refractivity contribution in [2.45, 2.75) is 6.92 Å². The van der Waals surface area contributed by atoms with Crippen LogP contribution in [0.4, 0.5) is 17.3 Å². The van der Waals surface area contributed by atoms with Crippen LogP contribution in [0.2, 0.25) is 0 Å². The molecule has 1 fully saturated rings. The Bertz CT molecular complexity index is 1220. The summed E-state index contributed by atoms with van der Waals surface area (Å²) in [6.45, 7) is 5.16. The molecule has 1 N–H and O–H groups in total. The molecule has 0 saturated carbocycles. The zero-order valence-electron chi connectivity index (χ0n) is 17.4. The van der Waals surface area contributed by atoms with Crippen LogP contribution in [-0.4, -0.2) is 58.0 Å². The van der Waals surface area contributed by atoms with Crippen LogP contribution in [0, 0.1) is 6.92 Å². The summed E-state index contributed by atoms with van der Waals surface area (Å²) in [7, 11) is 1.60. The third kappa shape index (κ3) is 3.99. The van der Waals surface area contributed by atoms with Crippen molar-refractivity contribution in [2.75, 3.05) is 43.6 Å². The third-order valence-electron chi connectivity index (χ3n) is 5.29. The zero-order valence-corrected chi connectivity index (χ0v) is 17.4. The number of benzene rings is 1. The number of ether oxygens (including phenoxy) is 2. The Labute approximate surface area is 179 Å². The molecule has 0 radical (unpaired) electrons. The van der Waals surface area contributed by atoms with Crippen LogP contribution in [0.3, 0.4) is 0 Å². The predicted octanol–water partition coefficient (Wildman–Crippen LogP) is 3.08. The maximum atomic E-state index is 5.43. The second kappa shape index (κ2) is 8.19. The molecule has 1 aliphatic rings. The molecular weight excluding hydrogens is 394 g/mol. The van der Waals surface area contributed by atoms with E-state index >= 15 is 0 Å². The lowest BCUT2D eigenvalue weighted by molar-refractivity contribution is 0.122. The Morgan fingerprint density at radius 3 is 2.77 bits per heavy atom. The molecule has 3 aromatic heterocycles. The zero-order chi connectivity index (χ0) is 21.2. The van der Waals surface area contributed by atoms with Crippen molar-refractivity contribution >= 4 is 23.0 Å². The van der Waals surface area contributed by atoms with Crippen molar-refractivity contribution in [1.29, 1.82) is 0 Å². The second-order valence-electron chi connectivity index (χ2n) is 7.32. The van der Waals surface area contributed by atoms with Gasteiger partial charge in [0.25, 0.3) is 0 Å². The van der Waals surface area contributed by atoms with E-state index in [-0.39, 0.29) is 0 Å². The minimum Gasteiger partial charge on any atom is -0.480 e. The minimum atomic E-state index is 0.544. The summed E-state index contributed by atoms with van der Waals surface area (Å²) in [5, 5.41) is 7.82. The van der Waals surface area contributed by atoms with Gasteiger partial charge in [-0.1, -0.05) is 12.1 Å². The summed E-state index contributed by atoms with van der Waals surface area (Å²) in [6, 6.07) is 11.9. The lowest BCUT2D eigenvalue weighted by atomic mass is 10.1. The SMILES string of the molecule is COc1ccc2nc(-c3ccc(C)c(Nc4cc(N5CCOCC5)ncn4)c3)cn2n1. The van der Waals surface area contributed by atoms with Gasteiger partial charge in [-0.3, -0.25) is 0 Å². The van der Waals surface area contributed by atoms with E-state index < -0.39 is 0 Å². The van der Waals surface area contributed by atoms with Gasteiger partial charge in [0, 0.05) is 36.5 Å². The van der Waals surface area contributed by atoms with Gasteiger partial charge in [-0.05, 0) is 24.6 Å². The molecule has 1 saturated heterocycles. The molecule has 4 heterocycles. The highest BCUT2D eigenvalue weighted by atomic mass is 16.5. The fourth-order valence-corrected chi connectivity index (χ4v) is 3.55. The number of aryl methyl sites for hydroxylation is 1. The van der Waals surface area contributed by atoms with E-state index in [1.54, 1.807) is 24.0 Å². The molecule has 5 rings (SSSR count). The first kappa shape index (κ1) is 19.3. The van der Waals surface area contributed by atoms with Crippen molar-refractivity contribution in [3.8, 4) is 17.1 Å². The molecule has 158 valence electrons. The maximum absolute atomic E-state index is 5.43. The van der Waals surface area contributed by atoms with E-state index in [0.717, 1.165) is 52.9 Å². The summed E-state index contributed by atoms with van der Waals surface area (Å²) in [6.07, 6.45) is 3.49. The van der Waals surface area contributed by atoms with Gasteiger partial charge in [0.05, 0.1) is 32.2 Å². The van der Waals surface area contributed by atoms with E-state index in [9.17, 15) is 0 Å². The summed E-state index contributed by atoms with van der Waals surface area (Å²) in [5.41, 5.74) is 4.66. The molecule has 1 aliphatic heterocycles. The van der Waals surface area contributed by atoms with Crippen molar-refractivity contribution in [3.05, 3.63) is 54.5 Å². The van der Waals surface area contributed by atoms with Gasteiger partial charge in [0.2, 0.25) is 5.88 Å². The van der Waals surface area contributed by atoms with Crippen LogP contribution >= 0.6 is 0 Å². The molecule has 0 unspecified atom stereocenters. The molecule has 0 bridgehead atoms. The topological polar surface area (TPSA) is 89.7 Å². The highest BCUT2D eigenvalue weighted by Gasteiger charge is 2.14. The molecule has 0 aliphatic carbocycles. The normalized spacial score (nSPS) is 14.1. The second-order valence-corrected chi connectivity index (χ2v) is 7.32. The van der Waals surface area contributed by atoms with Gasteiger partial charge in [-0.25, -0.2) is 19.5 Å². The lowest BCUT2D eigenvalue weighted by Gasteiger charge is -2.27. The lowest BCUT2D eigenvalue weighted by Crippen LogP contribution is -2.36.